The molecule has 1 aromatic rings. The molecule has 4 nitrogen and oxygen atoms in total. The number of hydrogen-bond acceptors (Lipinski definition) is 2. The Morgan fingerprint density at radius 2 is 2.33 bits per heavy atom. The topological polar surface area (TPSA) is 46.1 Å². The minimum Gasteiger partial charge on any atom is -0.358 e. The average molecular weight is 209 g/mol. The van der Waals surface area contributed by atoms with Crippen molar-refractivity contribution in [3.8, 4) is 0 Å². The maximum atomic E-state index is 11.1. The lowest BCUT2D eigenvalue weighted by Gasteiger charge is -2.09. The molecule has 0 saturated heterocycles. The molecule has 0 aliphatic heterocycles. The molecule has 1 unspecified atom stereocenters. The zero-order chi connectivity index (χ0) is 11.3. The van der Waals surface area contributed by atoms with Crippen LogP contribution in [0.2, 0.25) is 0 Å². The number of likely N-dealkylation sites (N-methyl/N-ethyl adjacent to an activating group) is 1. The second-order valence-corrected chi connectivity index (χ2v) is 3.57. The molecule has 0 radical (unpaired) electrons. The normalized spacial score (nSPS) is 12.5. The molecule has 0 spiro atoms. The summed E-state index contributed by atoms with van der Waals surface area (Å²) in [5.74, 6) is 0.0215. The molecule has 84 valence electrons. The highest BCUT2D eigenvalue weighted by Gasteiger charge is 2.06. The maximum absolute atomic E-state index is 11.1. The number of carbonyl (C=O) groups excluding carboxylic acids is 1. The van der Waals surface area contributed by atoms with Gasteiger partial charge in [0.05, 0.1) is 0 Å². The van der Waals surface area contributed by atoms with Crippen LogP contribution in [0.4, 0.5) is 0 Å². The van der Waals surface area contributed by atoms with Gasteiger partial charge in [-0.1, -0.05) is 6.92 Å². The van der Waals surface area contributed by atoms with Gasteiger partial charge in [-0.3, -0.25) is 4.79 Å². The van der Waals surface area contributed by atoms with Crippen LogP contribution in [0.15, 0.2) is 18.5 Å². The van der Waals surface area contributed by atoms with Crippen molar-refractivity contribution >= 4 is 5.91 Å². The summed E-state index contributed by atoms with van der Waals surface area (Å²) in [5, 5.41) is 5.93. The van der Waals surface area contributed by atoms with Crippen molar-refractivity contribution < 1.29 is 4.79 Å². The summed E-state index contributed by atoms with van der Waals surface area (Å²) in [7, 11) is 1.65. The van der Waals surface area contributed by atoms with Crippen LogP contribution in [-0.2, 0) is 11.3 Å². The highest BCUT2D eigenvalue weighted by atomic mass is 16.1. The molecular formula is C11H19N3O. The summed E-state index contributed by atoms with van der Waals surface area (Å²) in [6, 6.07) is 2.37. The molecule has 0 aliphatic rings. The van der Waals surface area contributed by atoms with Crippen molar-refractivity contribution in [1.29, 1.82) is 0 Å². The molecule has 0 bridgehead atoms. The summed E-state index contributed by atoms with van der Waals surface area (Å²) in [4.78, 5) is 11.1. The summed E-state index contributed by atoms with van der Waals surface area (Å²) in [6.07, 6.45) is 3.93. The van der Waals surface area contributed by atoms with Crippen molar-refractivity contribution in [2.45, 2.75) is 26.4 Å². The Morgan fingerprint density at radius 3 is 2.93 bits per heavy atom. The van der Waals surface area contributed by atoms with E-state index in [9.17, 15) is 4.79 Å². The van der Waals surface area contributed by atoms with Crippen molar-refractivity contribution in [3.05, 3.63) is 24.0 Å². The summed E-state index contributed by atoms with van der Waals surface area (Å²) in [5.41, 5.74) is 1.21. The molecule has 1 aromatic heterocycles. The lowest BCUT2D eigenvalue weighted by atomic mass is 10.2. The lowest BCUT2D eigenvalue weighted by Crippen LogP contribution is -2.22. The Hall–Kier alpha value is -1.29. The van der Waals surface area contributed by atoms with Gasteiger partial charge in [0.1, 0.15) is 6.54 Å². The first-order chi connectivity index (χ1) is 7.17. The molecule has 2 N–H and O–H groups in total. The van der Waals surface area contributed by atoms with Gasteiger partial charge in [-0.2, -0.15) is 0 Å². The monoisotopic (exact) mass is 209 g/mol. The number of aromatic nitrogens is 1. The fourth-order valence-electron chi connectivity index (χ4n) is 1.48. The van der Waals surface area contributed by atoms with E-state index in [1.807, 2.05) is 23.0 Å². The van der Waals surface area contributed by atoms with Crippen LogP contribution in [0.25, 0.3) is 0 Å². The highest BCUT2D eigenvalue weighted by Crippen LogP contribution is 2.12. The first-order valence-corrected chi connectivity index (χ1v) is 5.27. The van der Waals surface area contributed by atoms with Gasteiger partial charge in [0.15, 0.2) is 0 Å². The van der Waals surface area contributed by atoms with Gasteiger partial charge in [0, 0.05) is 25.5 Å². The first-order valence-electron chi connectivity index (χ1n) is 5.27. The number of hydrogen-bond donors (Lipinski definition) is 2. The number of carbonyl (C=O) groups is 1. The van der Waals surface area contributed by atoms with Crippen LogP contribution in [0.5, 0.6) is 0 Å². The van der Waals surface area contributed by atoms with Crippen molar-refractivity contribution in [2.75, 3.05) is 13.6 Å². The van der Waals surface area contributed by atoms with E-state index in [0.717, 1.165) is 6.54 Å². The summed E-state index contributed by atoms with van der Waals surface area (Å²) >= 11 is 0. The molecule has 1 amide bonds. The highest BCUT2D eigenvalue weighted by molar-refractivity contribution is 5.75. The summed E-state index contributed by atoms with van der Waals surface area (Å²) < 4.78 is 1.89. The Balaban J connectivity index is 2.59. The fraction of sp³-hybridized carbons (Fsp3) is 0.545. The van der Waals surface area contributed by atoms with Gasteiger partial charge in [0.25, 0.3) is 0 Å². The molecule has 0 saturated carbocycles. The van der Waals surface area contributed by atoms with Crippen molar-refractivity contribution in [1.82, 2.24) is 15.2 Å². The van der Waals surface area contributed by atoms with Gasteiger partial charge >= 0.3 is 0 Å². The van der Waals surface area contributed by atoms with E-state index in [2.05, 4.69) is 24.5 Å². The molecule has 0 aromatic carbocycles. The fourth-order valence-corrected chi connectivity index (χ4v) is 1.48. The van der Waals surface area contributed by atoms with Crippen molar-refractivity contribution in [3.63, 3.8) is 0 Å². The predicted octanol–water partition coefficient (Wildman–Crippen LogP) is 0.905. The SMILES string of the molecule is CCNC(C)c1ccn(CC(=O)NC)c1. The number of nitrogens with zero attached hydrogens (tertiary/aromatic N) is 1. The zero-order valence-electron chi connectivity index (χ0n) is 9.58. The minimum atomic E-state index is 0.0215. The lowest BCUT2D eigenvalue weighted by molar-refractivity contribution is -0.121. The average Bonchev–Trinajstić information content (AvgIpc) is 2.66. The van der Waals surface area contributed by atoms with Crippen molar-refractivity contribution in [2.24, 2.45) is 0 Å². The molecule has 0 fully saturated rings. The van der Waals surface area contributed by atoms with E-state index in [1.165, 1.54) is 5.56 Å². The van der Waals surface area contributed by atoms with Crippen LogP contribution < -0.4 is 10.6 Å². The third kappa shape index (κ3) is 3.40. The predicted molar refractivity (Wildman–Crippen MR) is 60.6 cm³/mol. The van der Waals surface area contributed by atoms with E-state index in [-0.39, 0.29) is 5.91 Å². The Labute approximate surface area is 90.7 Å². The van der Waals surface area contributed by atoms with E-state index < -0.39 is 0 Å². The number of rotatable bonds is 5. The summed E-state index contributed by atoms with van der Waals surface area (Å²) in [6.45, 7) is 5.53. The molecule has 0 aliphatic carbocycles. The Morgan fingerprint density at radius 1 is 1.60 bits per heavy atom. The third-order valence-corrected chi connectivity index (χ3v) is 2.39. The van der Waals surface area contributed by atoms with E-state index in [0.29, 0.717) is 12.6 Å². The minimum absolute atomic E-state index is 0.0215. The third-order valence-electron chi connectivity index (χ3n) is 2.39. The molecule has 15 heavy (non-hydrogen) atoms. The molecule has 1 rings (SSSR count). The maximum Gasteiger partial charge on any atom is 0.239 e. The molecule has 1 heterocycles. The number of amides is 1. The van der Waals surface area contributed by atoms with Gasteiger partial charge in [0.2, 0.25) is 5.91 Å². The van der Waals surface area contributed by atoms with E-state index >= 15 is 0 Å². The Bertz CT molecular complexity index is 319. The van der Waals surface area contributed by atoms with Gasteiger partial charge in [-0.05, 0) is 25.1 Å². The first kappa shape index (κ1) is 11.8. The second-order valence-electron chi connectivity index (χ2n) is 3.57. The molecule has 1 atom stereocenters. The van der Waals surface area contributed by atoms with Crippen LogP contribution in [0, 0.1) is 0 Å². The van der Waals surface area contributed by atoms with Crippen LogP contribution >= 0.6 is 0 Å². The van der Waals surface area contributed by atoms with Crippen LogP contribution in [0.3, 0.4) is 0 Å². The van der Waals surface area contributed by atoms with E-state index in [4.69, 9.17) is 0 Å². The molecule has 4 heteroatoms. The quantitative estimate of drug-likeness (QED) is 0.757. The zero-order valence-corrected chi connectivity index (χ0v) is 9.58. The molecular weight excluding hydrogens is 190 g/mol. The smallest absolute Gasteiger partial charge is 0.239 e. The van der Waals surface area contributed by atoms with E-state index in [1.54, 1.807) is 7.05 Å². The van der Waals surface area contributed by atoms with Crippen LogP contribution in [0.1, 0.15) is 25.5 Å². The van der Waals surface area contributed by atoms with Gasteiger partial charge < -0.3 is 15.2 Å². The standard InChI is InChI=1S/C11H19N3O/c1-4-13-9(2)10-5-6-14(7-10)8-11(15)12-3/h5-7,9,13H,4,8H2,1-3H3,(H,12,15). The largest absolute Gasteiger partial charge is 0.358 e. The Kier molecular flexibility index (Phi) is 4.37. The van der Waals surface area contributed by atoms with Gasteiger partial charge in [-0.15, -0.1) is 0 Å². The second kappa shape index (κ2) is 5.56. The number of nitrogens with one attached hydrogen (secondary N) is 2. The van der Waals surface area contributed by atoms with Gasteiger partial charge in [-0.25, -0.2) is 0 Å². The van der Waals surface area contributed by atoms with Crippen LogP contribution in [-0.4, -0.2) is 24.1 Å².